The van der Waals surface area contributed by atoms with E-state index in [0.717, 1.165) is 5.56 Å². The zero-order valence-electron chi connectivity index (χ0n) is 15.0. The Morgan fingerprint density at radius 2 is 1.80 bits per heavy atom. The van der Waals surface area contributed by atoms with E-state index in [1.165, 1.54) is 0 Å². The highest BCUT2D eigenvalue weighted by Gasteiger charge is 2.22. The Hall–Kier alpha value is -2.47. The number of nitrogens with one attached hydrogen (secondary N) is 1. The van der Waals surface area contributed by atoms with E-state index >= 15 is 0 Å². The molecule has 0 radical (unpaired) electrons. The quantitative estimate of drug-likeness (QED) is 0.930. The van der Waals surface area contributed by atoms with Gasteiger partial charge in [-0.1, -0.05) is 30.3 Å². The molecule has 0 atom stereocenters. The number of carbonyl (C=O) groups is 1. The van der Waals surface area contributed by atoms with Gasteiger partial charge in [0.05, 0.1) is 13.2 Å². The summed E-state index contributed by atoms with van der Waals surface area (Å²) in [5.41, 5.74) is 1.13. The summed E-state index contributed by atoms with van der Waals surface area (Å²) in [5.74, 6) is 1.12. The topological polar surface area (TPSA) is 67.4 Å². The largest absolute Gasteiger partial charge is 0.378 e. The second kappa shape index (κ2) is 7.19. The summed E-state index contributed by atoms with van der Waals surface area (Å²) >= 11 is 0. The Morgan fingerprint density at radius 1 is 1.12 bits per heavy atom. The Kier molecular flexibility index (Phi) is 4.99. The number of amides is 1. The number of rotatable bonds is 3. The average molecular weight is 340 g/mol. The normalized spacial score (nSPS) is 15.1. The lowest BCUT2D eigenvalue weighted by molar-refractivity contribution is 0.0299. The molecule has 1 aromatic heterocycles. The van der Waals surface area contributed by atoms with Gasteiger partial charge in [0.1, 0.15) is 11.5 Å². The van der Waals surface area contributed by atoms with Crippen molar-refractivity contribution in [2.45, 2.75) is 26.3 Å². The second-order valence-electron chi connectivity index (χ2n) is 7.11. The maximum absolute atomic E-state index is 12.9. The van der Waals surface area contributed by atoms with Crippen LogP contribution in [0.1, 0.15) is 31.3 Å². The van der Waals surface area contributed by atoms with E-state index in [-0.39, 0.29) is 11.4 Å². The highest BCUT2D eigenvalue weighted by molar-refractivity contribution is 5.93. The molecule has 1 aliphatic rings. The number of benzene rings is 1. The lowest BCUT2D eigenvalue weighted by Crippen LogP contribution is -2.41. The fourth-order valence-corrected chi connectivity index (χ4v) is 2.65. The minimum Gasteiger partial charge on any atom is -0.378 e. The minimum atomic E-state index is -0.165. The first kappa shape index (κ1) is 17.4. The molecule has 1 fully saturated rings. The van der Waals surface area contributed by atoms with Gasteiger partial charge in [-0.05, 0) is 20.8 Å². The molecule has 25 heavy (non-hydrogen) atoms. The van der Waals surface area contributed by atoms with Crippen LogP contribution in [0.2, 0.25) is 0 Å². The van der Waals surface area contributed by atoms with Crippen molar-refractivity contribution in [3.05, 3.63) is 42.1 Å². The van der Waals surface area contributed by atoms with E-state index in [9.17, 15) is 4.79 Å². The zero-order chi connectivity index (χ0) is 17.9. The molecule has 0 bridgehead atoms. The fraction of sp³-hybridized carbons (Fsp3) is 0.421. The highest BCUT2D eigenvalue weighted by Crippen LogP contribution is 2.21. The molecule has 3 rings (SSSR count). The lowest BCUT2D eigenvalue weighted by Gasteiger charge is -2.27. The zero-order valence-corrected chi connectivity index (χ0v) is 15.0. The van der Waals surface area contributed by atoms with Crippen LogP contribution in [-0.2, 0) is 4.74 Å². The molecule has 0 spiro atoms. The molecule has 6 heteroatoms. The fourth-order valence-electron chi connectivity index (χ4n) is 2.65. The average Bonchev–Trinajstić information content (AvgIpc) is 2.61. The van der Waals surface area contributed by atoms with Crippen LogP contribution in [0.25, 0.3) is 11.4 Å². The van der Waals surface area contributed by atoms with Crippen molar-refractivity contribution in [1.29, 1.82) is 0 Å². The molecular formula is C19H24N4O2. The number of nitrogens with zero attached hydrogens (tertiary/aromatic N) is 3. The molecule has 0 aliphatic carbocycles. The molecule has 2 heterocycles. The van der Waals surface area contributed by atoms with Crippen LogP contribution in [0.4, 0.5) is 5.82 Å². The number of aromatic nitrogens is 2. The Bertz CT molecular complexity index is 735. The molecule has 0 saturated carbocycles. The van der Waals surface area contributed by atoms with E-state index in [1.54, 1.807) is 11.0 Å². The molecule has 2 aromatic rings. The number of anilines is 1. The predicted molar refractivity (Wildman–Crippen MR) is 97.6 cm³/mol. The van der Waals surface area contributed by atoms with Crippen molar-refractivity contribution in [2.75, 3.05) is 31.6 Å². The van der Waals surface area contributed by atoms with Crippen LogP contribution in [-0.4, -0.2) is 52.6 Å². The van der Waals surface area contributed by atoms with Crippen molar-refractivity contribution in [3.8, 4) is 11.4 Å². The van der Waals surface area contributed by atoms with E-state index in [1.807, 2.05) is 30.3 Å². The van der Waals surface area contributed by atoms with Gasteiger partial charge in [-0.15, -0.1) is 0 Å². The van der Waals surface area contributed by atoms with Crippen LogP contribution in [0.3, 0.4) is 0 Å². The summed E-state index contributed by atoms with van der Waals surface area (Å²) in [6.45, 7) is 8.48. The maximum atomic E-state index is 12.9. The molecule has 0 unspecified atom stereocenters. The number of carbonyl (C=O) groups excluding carboxylic acids is 1. The van der Waals surface area contributed by atoms with Gasteiger partial charge in [-0.2, -0.15) is 0 Å². The number of hydrogen-bond acceptors (Lipinski definition) is 5. The van der Waals surface area contributed by atoms with E-state index in [2.05, 4.69) is 36.1 Å². The highest BCUT2D eigenvalue weighted by atomic mass is 16.5. The molecule has 1 N–H and O–H groups in total. The van der Waals surface area contributed by atoms with Crippen molar-refractivity contribution >= 4 is 11.7 Å². The van der Waals surface area contributed by atoms with Crippen LogP contribution >= 0.6 is 0 Å². The van der Waals surface area contributed by atoms with Crippen molar-refractivity contribution in [1.82, 2.24) is 14.9 Å². The van der Waals surface area contributed by atoms with Crippen LogP contribution in [0.15, 0.2) is 36.4 Å². The number of hydrogen-bond donors (Lipinski definition) is 1. The Balaban J connectivity index is 1.98. The molecule has 1 amide bonds. The minimum absolute atomic E-state index is 0.0835. The lowest BCUT2D eigenvalue weighted by atomic mass is 10.1. The monoisotopic (exact) mass is 340 g/mol. The van der Waals surface area contributed by atoms with Crippen molar-refractivity contribution in [2.24, 2.45) is 0 Å². The molecular weight excluding hydrogens is 316 g/mol. The van der Waals surface area contributed by atoms with E-state index in [0.29, 0.717) is 43.6 Å². The Labute approximate surface area is 148 Å². The van der Waals surface area contributed by atoms with E-state index in [4.69, 9.17) is 4.74 Å². The second-order valence-corrected chi connectivity index (χ2v) is 7.11. The Morgan fingerprint density at radius 3 is 2.44 bits per heavy atom. The van der Waals surface area contributed by atoms with E-state index < -0.39 is 0 Å². The molecule has 132 valence electrons. The first-order valence-electron chi connectivity index (χ1n) is 8.52. The standard InChI is InChI=1S/C19H24N4O2/c1-19(2,3)22-16-13-15(18(24)23-9-11-25-12-10-23)20-17(21-16)14-7-5-4-6-8-14/h4-8,13H,9-12H2,1-3H3,(H,20,21,22). The van der Waals surface area contributed by atoms with Gasteiger partial charge in [0.2, 0.25) is 0 Å². The van der Waals surface area contributed by atoms with Crippen LogP contribution in [0.5, 0.6) is 0 Å². The summed E-state index contributed by atoms with van der Waals surface area (Å²) in [7, 11) is 0. The summed E-state index contributed by atoms with van der Waals surface area (Å²) in [6, 6.07) is 11.4. The van der Waals surface area contributed by atoms with Crippen molar-refractivity contribution < 1.29 is 9.53 Å². The third-order valence-corrected chi connectivity index (χ3v) is 3.78. The number of morpholine rings is 1. The van der Waals surface area contributed by atoms with Gasteiger partial charge in [0.25, 0.3) is 5.91 Å². The SMILES string of the molecule is CC(C)(C)Nc1cc(C(=O)N2CCOCC2)nc(-c2ccccc2)n1. The molecule has 1 aromatic carbocycles. The summed E-state index contributed by atoms with van der Waals surface area (Å²) < 4.78 is 5.33. The van der Waals surface area contributed by atoms with Gasteiger partial charge in [-0.3, -0.25) is 4.79 Å². The first-order chi connectivity index (χ1) is 11.9. The third kappa shape index (κ3) is 4.54. The predicted octanol–water partition coefficient (Wildman–Crippen LogP) is 2.83. The van der Waals surface area contributed by atoms with Crippen LogP contribution in [0, 0.1) is 0 Å². The van der Waals surface area contributed by atoms with Gasteiger partial charge in [-0.25, -0.2) is 9.97 Å². The molecule has 1 saturated heterocycles. The van der Waals surface area contributed by atoms with Gasteiger partial charge < -0.3 is 15.0 Å². The summed E-state index contributed by atoms with van der Waals surface area (Å²) in [4.78, 5) is 23.8. The first-order valence-corrected chi connectivity index (χ1v) is 8.52. The third-order valence-electron chi connectivity index (χ3n) is 3.78. The van der Waals surface area contributed by atoms with Gasteiger partial charge in [0, 0.05) is 30.3 Å². The smallest absolute Gasteiger partial charge is 0.272 e. The van der Waals surface area contributed by atoms with Gasteiger partial charge in [0.15, 0.2) is 5.82 Å². The summed E-state index contributed by atoms with van der Waals surface area (Å²) in [5, 5.41) is 3.34. The molecule has 6 nitrogen and oxygen atoms in total. The van der Waals surface area contributed by atoms with Crippen molar-refractivity contribution in [3.63, 3.8) is 0 Å². The number of ether oxygens (including phenoxy) is 1. The maximum Gasteiger partial charge on any atom is 0.272 e. The molecule has 1 aliphatic heterocycles. The van der Waals surface area contributed by atoms with Crippen LogP contribution < -0.4 is 5.32 Å². The summed E-state index contributed by atoms with van der Waals surface area (Å²) in [6.07, 6.45) is 0. The van der Waals surface area contributed by atoms with Gasteiger partial charge >= 0.3 is 0 Å².